The minimum absolute atomic E-state index is 0.242. The maximum atomic E-state index is 11.6. The molecular formula is C11H14N2O5S. The smallest absolute Gasteiger partial charge is 0.325 e. The molecule has 104 valence electrons. The first-order valence-electron chi connectivity index (χ1n) is 5.32. The fourth-order valence-corrected chi connectivity index (χ4v) is 1.98. The van der Waals surface area contributed by atoms with Gasteiger partial charge in [0.15, 0.2) is 0 Å². The SMILES string of the molecule is C[C@H](NC(=O)c1ccc(CS(N)(=O)=O)cc1)C(=O)O. The standard InChI is InChI=1S/C11H14N2O5S/c1-7(11(15)16)13-10(14)9-4-2-8(3-5-9)6-19(12,17)18/h2-5,7H,6H2,1H3,(H,13,14)(H,15,16)(H2,12,17,18)/t7-/m0/s1. The van der Waals surface area contributed by atoms with Crippen LogP contribution >= 0.6 is 0 Å². The molecule has 1 aromatic carbocycles. The van der Waals surface area contributed by atoms with Crippen molar-refractivity contribution in [2.24, 2.45) is 5.14 Å². The third-order valence-electron chi connectivity index (χ3n) is 2.30. The zero-order valence-corrected chi connectivity index (χ0v) is 11.0. The number of nitrogens with two attached hydrogens (primary N) is 1. The van der Waals surface area contributed by atoms with E-state index in [4.69, 9.17) is 10.2 Å². The number of rotatable bonds is 5. The average Bonchev–Trinajstić information content (AvgIpc) is 2.27. The molecule has 19 heavy (non-hydrogen) atoms. The van der Waals surface area contributed by atoms with E-state index in [1.54, 1.807) is 0 Å². The molecule has 0 aliphatic heterocycles. The summed E-state index contributed by atoms with van der Waals surface area (Å²) in [6.45, 7) is 1.34. The lowest BCUT2D eigenvalue weighted by Crippen LogP contribution is -2.38. The van der Waals surface area contributed by atoms with E-state index in [0.29, 0.717) is 5.56 Å². The molecule has 7 nitrogen and oxygen atoms in total. The highest BCUT2D eigenvalue weighted by atomic mass is 32.2. The summed E-state index contributed by atoms with van der Waals surface area (Å²) in [6.07, 6.45) is 0. The molecule has 0 spiro atoms. The van der Waals surface area contributed by atoms with Crippen LogP contribution in [-0.4, -0.2) is 31.4 Å². The third kappa shape index (κ3) is 5.06. The second kappa shape index (κ2) is 5.81. The molecule has 4 N–H and O–H groups in total. The van der Waals surface area contributed by atoms with Crippen molar-refractivity contribution in [3.63, 3.8) is 0 Å². The molecule has 0 heterocycles. The van der Waals surface area contributed by atoms with Crippen molar-refractivity contribution in [3.05, 3.63) is 35.4 Å². The maximum Gasteiger partial charge on any atom is 0.325 e. The van der Waals surface area contributed by atoms with Crippen LogP contribution < -0.4 is 10.5 Å². The van der Waals surface area contributed by atoms with Gasteiger partial charge >= 0.3 is 5.97 Å². The van der Waals surface area contributed by atoms with E-state index < -0.39 is 27.9 Å². The van der Waals surface area contributed by atoms with Crippen LogP contribution in [0.15, 0.2) is 24.3 Å². The van der Waals surface area contributed by atoms with E-state index in [1.807, 2.05) is 0 Å². The number of nitrogens with one attached hydrogen (secondary N) is 1. The topological polar surface area (TPSA) is 127 Å². The zero-order valence-electron chi connectivity index (χ0n) is 10.2. The molecule has 0 saturated heterocycles. The highest BCUT2D eigenvalue weighted by Crippen LogP contribution is 2.07. The van der Waals surface area contributed by atoms with Crippen LogP contribution in [0.3, 0.4) is 0 Å². The molecule has 0 bridgehead atoms. The van der Waals surface area contributed by atoms with Gasteiger partial charge in [-0.05, 0) is 24.6 Å². The van der Waals surface area contributed by atoms with Crippen LogP contribution in [0, 0.1) is 0 Å². The molecule has 0 aliphatic carbocycles. The highest BCUT2D eigenvalue weighted by molar-refractivity contribution is 7.88. The molecule has 8 heteroatoms. The summed E-state index contributed by atoms with van der Waals surface area (Å²) >= 11 is 0. The summed E-state index contributed by atoms with van der Waals surface area (Å²) in [5, 5.41) is 15.8. The predicted octanol–water partition coefficient (Wildman–Crippen LogP) is -0.322. The summed E-state index contributed by atoms with van der Waals surface area (Å²) in [5.74, 6) is -2.00. The van der Waals surface area contributed by atoms with E-state index >= 15 is 0 Å². The molecule has 1 rings (SSSR count). The number of carboxylic acid groups (broad SMARTS) is 1. The van der Waals surface area contributed by atoms with E-state index in [1.165, 1.54) is 31.2 Å². The van der Waals surface area contributed by atoms with Gasteiger partial charge in [-0.3, -0.25) is 9.59 Å². The van der Waals surface area contributed by atoms with Crippen molar-refractivity contribution in [3.8, 4) is 0 Å². The normalized spacial score (nSPS) is 12.7. The number of hydrogen-bond donors (Lipinski definition) is 3. The van der Waals surface area contributed by atoms with Crippen molar-refractivity contribution in [1.82, 2.24) is 5.32 Å². The summed E-state index contributed by atoms with van der Waals surface area (Å²) in [4.78, 5) is 22.2. The van der Waals surface area contributed by atoms with Crippen molar-refractivity contribution < 1.29 is 23.1 Å². The Kier molecular flexibility index (Phi) is 4.62. The Hall–Kier alpha value is -1.93. The van der Waals surface area contributed by atoms with Crippen LogP contribution in [0.25, 0.3) is 0 Å². The van der Waals surface area contributed by atoms with Gasteiger partial charge in [-0.25, -0.2) is 13.6 Å². The first-order valence-corrected chi connectivity index (χ1v) is 7.03. The van der Waals surface area contributed by atoms with Crippen LogP contribution in [0.4, 0.5) is 0 Å². The molecular weight excluding hydrogens is 272 g/mol. The Bertz CT molecular complexity index is 580. The minimum atomic E-state index is -3.62. The number of carboxylic acids is 1. The number of primary sulfonamides is 1. The molecule has 0 unspecified atom stereocenters. The molecule has 1 amide bonds. The lowest BCUT2D eigenvalue weighted by atomic mass is 10.1. The first kappa shape index (κ1) is 15.1. The Morgan fingerprint density at radius 2 is 1.84 bits per heavy atom. The lowest BCUT2D eigenvalue weighted by Gasteiger charge is -2.09. The Labute approximate surface area is 110 Å². The Morgan fingerprint density at radius 1 is 1.32 bits per heavy atom. The fraction of sp³-hybridized carbons (Fsp3) is 0.273. The molecule has 0 aliphatic rings. The van der Waals surface area contributed by atoms with Gasteiger partial charge in [-0.1, -0.05) is 12.1 Å². The van der Waals surface area contributed by atoms with Crippen LogP contribution in [0.2, 0.25) is 0 Å². The van der Waals surface area contributed by atoms with Gasteiger partial charge in [0.05, 0.1) is 5.75 Å². The Morgan fingerprint density at radius 3 is 2.26 bits per heavy atom. The highest BCUT2D eigenvalue weighted by Gasteiger charge is 2.15. The van der Waals surface area contributed by atoms with Crippen LogP contribution in [0.1, 0.15) is 22.8 Å². The largest absolute Gasteiger partial charge is 0.480 e. The second-order valence-electron chi connectivity index (χ2n) is 4.04. The molecule has 1 aromatic rings. The van der Waals surface area contributed by atoms with Crippen LogP contribution in [-0.2, 0) is 20.6 Å². The summed E-state index contributed by atoms with van der Waals surface area (Å²) in [7, 11) is -3.62. The van der Waals surface area contributed by atoms with Crippen molar-refractivity contribution in [2.45, 2.75) is 18.7 Å². The van der Waals surface area contributed by atoms with Gasteiger partial charge in [0.25, 0.3) is 5.91 Å². The number of sulfonamides is 1. The molecule has 1 atom stereocenters. The van der Waals surface area contributed by atoms with Gasteiger partial charge in [0.1, 0.15) is 6.04 Å². The number of hydrogen-bond acceptors (Lipinski definition) is 4. The van der Waals surface area contributed by atoms with Gasteiger partial charge in [-0.15, -0.1) is 0 Å². The second-order valence-corrected chi connectivity index (χ2v) is 5.65. The minimum Gasteiger partial charge on any atom is -0.480 e. The van der Waals surface area contributed by atoms with E-state index in [2.05, 4.69) is 5.32 Å². The summed E-state index contributed by atoms with van der Waals surface area (Å²) in [5.41, 5.74) is 0.691. The van der Waals surface area contributed by atoms with Crippen LogP contribution in [0.5, 0.6) is 0 Å². The van der Waals surface area contributed by atoms with Gasteiger partial charge in [-0.2, -0.15) is 0 Å². The van der Waals surface area contributed by atoms with Gasteiger partial charge in [0, 0.05) is 5.56 Å². The summed E-state index contributed by atoms with van der Waals surface area (Å²) < 4.78 is 21.7. The predicted molar refractivity (Wildman–Crippen MR) is 67.8 cm³/mol. The molecule has 0 saturated carbocycles. The fourth-order valence-electron chi connectivity index (χ4n) is 1.33. The molecule has 0 radical (unpaired) electrons. The van der Waals surface area contributed by atoms with Crippen molar-refractivity contribution in [1.29, 1.82) is 0 Å². The average molecular weight is 286 g/mol. The number of carbonyl (C=O) groups is 2. The van der Waals surface area contributed by atoms with Crippen molar-refractivity contribution in [2.75, 3.05) is 0 Å². The van der Waals surface area contributed by atoms with Gasteiger partial charge < -0.3 is 10.4 Å². The first-order chi connectivity index (χ1) is 8.69. The third-order valence-corrected chi connectivity index (χ3v) is 3.04. The lowest BCUT2D eigenvalue weighted by molar-refractivity contribution is -0.138. The maximum absolute atomic E-state index is 11.6. The number of aliphatic carboxylic acids is 1. The summed E-state index contributed by atoms with van der Waals surface area (Å²) in [6, 6.07) is 4.71. The molecule has 0 fully saturated rings. The number of benzene rings is 1. The van der Waals surface area contributed by atoms with E-state index in [-0.39, 0.29) is 11.3 Å². The number of amides is 1. The zero-order chi connectivity index (χ0) is 14.6. The monoisotopic (exact) mass is 286 g/mol. The van der Waals surface area contributed by atoms with E-state index in [0.717, 1.165) is 0 Å². The number of carbonyl (C=O) groups excluding carboxylic acids is 1. The van der Waals surface area contributed by atoms with Gasteiger partial charge in [0.2, 0.25) is 10.0 Å². The van der Waals surface area contributed by atoms with E-state index in [9.17, 15) is 18.0 Å². The molecule has 0 aromatic heterocycles. The Balaban J connectivity index is 2.76. The van der Waals surface area contributed by atoms with Crippen molar-refractivity contribution >= 4 is 21.9 Å². The quantitative estimate of drug-likeness (QED) is 0.683.